The van der Waals surface area contributed by atoms with Crippen LogP contribution >= 0.6 is 11.3 Å². The molecule has 2 heterocycles. The quantitative estimate of drug-likeness (QED) is 0.566. The van der Waals surface area contributed by atoms with Gasteiger partial charge in [-0.3, -0.25) is 9.20 Å². The number of rotatable bonds is 5. The van der Waals surface area contributed by atoms with Crippen molar-refractivity contribution in [3.63, 3.8) is 0 Å². The van der Waals surface area contributed by atoms with Crippen molar-refractivity contribution in [2.75, 3.05) is 0 Å². The van der Waals surface area contributed by atoms with Crippen molar-refractivity contribution >= 4 is 22.3 Å². The van der Waals surface area contributed by atoms with E-state index in [9.17, 15) is 4.79 Å². The molecule has 0 aliphatic carbocycles. The Labute approximate surface area is 145 Å². The molecule has 0 aliphatic heterocycles. The largest absolute Gasteiger partial charge is 0.426 e. The summed E-state index contributed by atoms with van der Waals surface area (Å²) < 4.78 is 7.32. The number of nitrogens with one attached hydrogen (secondary N) is 1. The first kappa shape index (κ1) is 16.7. The number of fused-ring (bicyclic) bond motifs is 1. The third-order valence-electron chi connectivity index (χ3n) is 3.93. The van der Waals surface area contributed by atoms with Crippen LogP contribution in [0.4, 0.5) is 0 Å². The minimum absolute atomic E-state index is 0.158. The molecule has 0 fully saturated rings. The number of carbonyl (C=O) groups is 1. The number of esters is 1. The van der Waals surface area contributed by atoms with E-state index in [0.29, 0.717) is 5.75 Å². The van der Waals surface area contributed by atoms with E-state index < -0.39 is 0 Å². The average molecular weight is 343 g/mol. The fraction of sp³-hybridized carbons (Fsp3) is 0.333. The Kier molecular flexibility index (Phi) is 4.69. The van der Waals surface area contributed by atoms with Crippen molar-refractivity contribution in [1.82, 2.24) is 14.7 Å². The third kappa shape index (κ3) is 3.49. The molecule has 24 heavy (non-hydrogen) atoms. The van der Waals surface area contributed by atoms with E-state index in [0.717, 1.165) is 33.9 Å². The SMILES string of the molecule is CC(=O)Oc1c(C)cc(CN[C@H](C)c2cn3ccsc3n2)cc1C. The molecule has 0 bridgehead atoms. The molecule has 0 saturated heterocycles. The lowest BCUT2D eigenvalue weighted by Crippen LogP contribution is -2.18. The van der Waals surface area contributed by atoms with Crippen LogP contribution in [0.5, 0.6) is 5.75 Å². The van der Waals surface area contributed by atoms with Gasteiger partial charge in [-0.15, -0.1) is 11.3 Å². The maximum Gasteiger partial charge on any atom is 0.308 e. The van der Waals surface area contributed by atoms with E-state index >= 15 is 0 Å². The van der Waals surface area contributed by atoms with Crippen LogP contribution < -0.4 is 10.1 Å². The van der Waals surface area contributed by atoms with Crippen molar-refractivity contribution in [2.45, 2.75) is 40.3 Å². The fourth-order valence-corrected chi connectivity index (χ4v) is 3.48. The Hall–Kier alpha value is -2.18. The van der Waals surface area contributed by atoms with Crippen LogP contribution in [0.1, 0.15) is 42.3 Å². The van der Waals surface area contributed by atoms with Crippen molar-refractivity contribution in [3.05, 3.63) is 52.3 Å². The van der Waals surface area contributed by atoms with Gasteiger partial charge in [0.1, 0.15) is 5.75 Å². The highest BCUT2D eigenvalue weighted by Gasteiger charge is 2.12. The Bertz CT molecular complexity index is 830. The number of aromatic nitrogens is 2. The minimum Gasteiger partial charge on any atom is -0.426 e. The lowest BCUT2D eigenvalue weighted by molar-refractivity contribution is -0.131. The Morgan fingerprint density at radius 2 is 2.08 bits per heavy atom. The zero-order valence-corrected chi connectivity index (χ0v) is 15.1. The van der Waals surface area contributed by atoms with Crippen LogP contribution in [0.15, 0.2) is 29.9 Å². The molecule has 1 atom stereocenters. The standard InChI is InChI=1S/C18H21N3O2S/c1-11-7-15(8-12(2)17(11)23-14(4)22)9-19-13(3)16-10-21-5-6-24-18(21)20-16/h5-8,10,13,19H,9H2,1-4H3/t13-/m1/s1. The van der Waals surface area contributed by atoms with Gasteiger partial charge in [-0.25, -0.2) is 4.98 Å². The highest BCUT2D eigenvalue weighted by molar-refractivity contribution is 7.15. The summed E-state index contributed by atoms with van der Waals surface area (Å²) in [6, 6.07) is 4.26. The normalized spacial score (nSPS) is 12.5. The Morgan fingerprint density at radius 3 is 2.71 bits per heavy atom. The van der Waals surface area contributed by atoms with Gasteiger partial charge in [0.05, 0.1) is 5.69 Å². The number of aryl methyl sites for hydroxylation is 2. The van der Waals surface area contributed by atoms with Gasteiger partial charge in [0, 0.05) is 37.3 Å². The molecule has 2 aromatic heterocycles. The maximum absolute atomic E-state index is 11.2. The first-order valence-electron chi connectivity index (χ1n) is 7.88. The summed E-state index contributed by atoms with van der Waals surface area (Å²) in [5.74, 6) is 0.370. The number of carbonyl (C=O) groups excluding carboxylic acids is 1. The van der Waals surface area contributed by atoms with Crippen molar-refractivity contribution in [3.8, 4) is 5.75 Å². The zero-order valence-electron chi connectivity index (χ0n) is 14.3. The van der Waals surface area contributed by atoms with Gasteiger partial charge in [-0.1, -0.05) is 12.1 Å². The molecule has 5 nitrogen and oxygen atoms in total. The van der Waals surface area contributed by atoms with E-state index in [2.05, 4.69) is 35.6 Å². The molecule has 0 saturated carbocycles. The van der Waals surface area contributed by atoms with E-state index in [1.54, 1.807) is 11.3 Å². The molecule has 126 valence electrons. The van der Waals surface area contributed by atoms with Gasteiger partial charge in [0.15, 0.2) is 4.96 Å². The molecule has 0 unspecified atom stereocenters. The van der Waals surface area contributed by atoms with Gasteiger partial charge >= 0.3 is 5.97 Å². The van der Waals surface area contributed by atoms with Crippen molar-refractivity contribution in [2.24, 2.45) is 0 Å². The van der Waals surface area contributed by atoms with Crippen molar-refractivity contribution < 1.29 is 9.53 Å². The molecule has 1 aromatic carbocycles. The molecule has 0 radical (unpaired) electrons. The molecular formula is C18H21N3O2S. The first-order valence-corrected chi connectivity index (χ1v) is 8.76. The van der Waals surface area contributed by atoms with Gasteiger partial charge in [-0.2, -0.15) is 0 Å². The molecule has 3 rings (SSSR count). The summed E-state index contributed by atoms with van der Waals surface area (Å²) in [7, 11) is 0. The predicted molar refractivity (Wildman–Crippen MR) is 95.5 cm³/mol. The van der Waals surface area contributed by atoms with E-state index in [4.69, 9.17) is 4.74 Å². The molecular weight excluding hydrogens is 322 g/mol. The second-order valence-electron chi connectivity index (χ2n) is 6.01. The van der Waals surface area contributed by atoms with Crippen LogP contribution in [-0.4, -0.2) is 15.4 Å². The van der Waals surface area contributed by atoms with Gasteiger partial charge in [-0.05, 0) is 37.5 Å². The number of ether oxygens (including phenoxy) is 1. The van der Waals surface area contributed by atoms with E-state index in [1.807, 2.05) is 29.8 Å². The first-order chi connectivity index (χ1) is 11.4. The number of benzene rings is 1. The number of imidazole rings is 1. The summed E-state index contributed by atoms with van der Waals surface area (Å²) in [5, 5.41) is 5.53. The second kappa shape index (κ2) is 6.75. The highest BCUT2D eigenvalue weighted by atomic mass is 32.1. The second-order valence-corrected chi connectivity index (χ2v) is 6.89. The number of nitrogens with zero attached hydrogens (tertiary/aromatic N) is 2. The number of hydrogen-bond acceptors (Lipinski definition) is 5. The number of hydrogen-bond donors (Lipinski definition) is 1. The summed E-state index contributed by atoms with van der Waals surface area (Å²) in [5.41, 5.74) is 4.13. The summed E-state index contributed by atoms with van der Waals surface area (Å²) >= 11 is 1.63. The summed E-state index contributed by atoms with van der Waals surface area (Å²) in [4.78, 5) is 16.8. The van der Waals surface area contributed by atoms with Gasteiger partial charge in [0.25, 0.3) is 0 Å². The smallest absolute Gasteiger partial charge is 0.308 e. The maximum atomic E-state index is 11.2. The van der Waals surface area contributed by atoms with Crippen LogP contribution in [0.2, 0.25) is 0 Å². The molecule has 1 N–H and O–H groups in total. The lowest BCUT2D eigenvalue weighted by atomic mass is 10.1. The van der Waals surface area contributed by atoms with Gasteiger partial charge in [0.2, 0.25) is 0 Å². The van der Waals surface area contributed by atoms with Crippen LogP contribution in [0.25, 0.3) is 4.96 Å². The lowest BCUT2D eigenvalue weighted by Gasteiger charge is -2.15. The van der Waals surface area contributed by atoms with Crippen LogP contribution in [-0.2, 0) is 11.3 Å². The monoisotopic (exact) mass is 343 g/mol. The highest BCUT2D eigenvalue weighted by Crippen LogP contribution is 2.25. The van der Waals surface area contributed by atoms with Gasteiger partial charge < -0.3 is 10.1 Å². The van der Waals surface area contributed by atoms with E-state index in [1.165, 1.54) is 6.92 Å². The van der Waals surface area contributed by atoms with Crippen LogP contribution in [0, 0.1) is 13.8 Å². The Morgan fingerprint density at radius 1 is 1.38 bits per heavy atom. The van der Waals surface area contributed by atoms with E-state index in [-0.39, 0.29) is 12.0 Å². The Balaban J connectivity index is 1.69. The molecule has 0 aliphatic rings. The number of thiazole rings is 1. The molecule has 6 heteroatoms. The molecule has 3 aromatic rings. The fourth-order valence-electron chi connectivity index (χ4n) is 2.78. The molecule has 0 amide bonds. The molecule has 0 spiro atoms. The summed E-state index contributed by atoms with van der Waals surface area (Å²) in [6.07, 6.45) is 4.08. The predicted octanol–water partition coefficient (Wildman–Crippen LogP) is 3.79. The minimum atomic E-state index is -0.291. The summed E-state index contributed by atoms with van der Waals surface area (Å²) in [6.45, 7) is 8.18. The van der Waals surface area contributed by atoms with Crippen LogP contribution in [0.3, 0.4) is 0 Å². The van der Waals surface area contributed by atoms with Crippen molar-refractivity contribution in [1.29, 1.82) is 0 Å². The average Bonchev–Trinajstić information content (AvgIpc) is 3.09. The third-order valence-corrected chi connectivity index (χ3v) is 4.70. The topological polar surface area (TPSA) is 55.6 Å². The zero-order chi connectivity index (χ0) is 17.3.